The number of esters is 1. The highest BCUT2D eigenvalue weighted by Crippen LogP contribution is 2.05. The molecule has 13 heavy (non-hydrogen) atoms. The molecular formula is C6H7FN2O4. The molecule has 2 unspecified atom stereocenters. The van der Waals surface area contributed by atoms with E-state index in [1.54, 1.807) is 5.32 Å². The lowest BCUT2D eigenvalue weighted by molar-refractivity contribution is -0.148. The zero-order chi connectivity index (χ0) is 10.0. The molecule has 3 amide bonds. The number of amides is 3. The van der Waals surface area contributed by atoms with Crippen LogP contribution >= 0.6 is 0 Å². The summed E-state index contributed by atoms with van der Waals surface area (Å²) < 4.78 is 17.1. The number of hydrogen-bond acceptors (Lipinski definition) is 4. The van der Waals surface area contributed by atoms with E-state index in [2.05, 4.69) is 4.74 Å². The van der Waals surface area contributed by atoms with Crippen molar-refractivity contribution in [3.63, 3.8) is 0 Å². The van der Waals surface area contributed by atoms with Crippen molar-refractivity contribution >= 4 is 17.9 Å². The summed E-state index contributed by atoms with van der Waals surface area (Å²) >= 11 is 0. The van der Waals surface area contributed by atoms with Gasteiger partial charge in [0, 0.05) is 0 Å². The summed E-state index contributed by atoms with van der Waals surface area (Å²) in [5.74, 6) is -2.13. The van der Waals surface area contributed by atoms with Crippen LogP contribution in [-0.2, 0) is 14.3 Å². The predicted molar refractivity (Wildman–Crippen MR) is 37.4 cm³/mol. The molecule has 1 saturated heterocycles. The smallest absolute Gasteiger partial charge is 0.332 e. The van der Waals surface area contributed by atoms with Gasteiger partial charge in [-0.05, 0) is 0 Å². The fourth-order valence-electron chi connectivity index (χ4n) is 0.888. The second kappa shape index (κ2) is 3.38. The lowest BCUT2D eigenvalue weighted by Gasteiger charge is -2.23. The van der Waals surface area contributed by atoms with E-state index in [4.69, 9.17) is 0 Å². The van der Waals surface area contributed by atoms with Crippen LogP contribution in [0.5, 0.6) is 0 Å². The van der Waals surface area contributed by atoms with Gasteiger partial charge < -0.3 is 10.1 Å². The molecule has 2 N–H and O–H groups in total. The summed E-state index contributed by atoms with van der Waals surface area (Å²) in [6.07, 6.45) is -2.11. The van der Waals surface area contributed by atoms with Gasteiger partial charge in [0.2, 0.25) is 6.17 Å². The zero-order valence-corrected chi connectivity index (χ0v) is 6.67. The molecule has 2 atom stereocenters. The average molecular weight is 190 g/mol. The van der Waals surface area contributed by atoms with E-state index < -0.39 is 30.1 Å². The second-order valence-corrected chi connectivity index (χ2v) is 2.37. The number of alkyl halides is 1. The second-order valence-electron chi connectivity index (χ2n) is 2.37. The van der Waals surface area contributed by atoms with E-state index in [1.165, 1.54) is 0 Å². The number of rotatable bonds is 1. The normalized spacial score (nSPS) is 27.5. The fourth-order valence-corrected chi connectivity index (χ4v) is 0.888. The minimum Gasteiger partial charge on any atom is -0.467 e. The molecule has 1 heterocycles. The maximum Gasteiger partial charge on any atom is 0.332 e. The van der Waals surface area contributed by atoms with Crippen molar-refractivity contribution in [3.8, 4) is 0 Å². The third kappa shape index (κ3) is 1.74. The van der Waals surface area contributed by atoms with Gasteiger partial charge in [0.15, 0.2) is 6.04 Å². The van der Waals surface area contributed by atoms with Crippen LogP contribution < -0.4 is 10.6 Å². The Labute approximate surface area is 72.4 Å². The molecular weight excluding hydrogens is 183 g/mol. The van der Waals surface area contributed by atoms with Crippen LogP contribution in [0.1, 0.15) is 0 Å². The minimum absolute atomic E-state index is 0.908. The average Bonchev–Trinajstić information content (AvgIpc) is 2.10. The SMILES string of the molecule is COC(=O)C1NC(=O)NC(=O)C1F. The Balaban J connectivity index is 2.77. The molecule has 6 nitrogen and oxygen atoms in total. The Morgan fingerprint density at radius 2 is 2.15 bits per heavy atom. The first-order valence-corrected chi connectivity index (χ1v) is 3.39. The van der Waals surface area contributed by atoms with Crippen LogP contribution in [0.15, 0.2) is 0 Å². The van der Waals surface area contributed by atoms with Crippen molar-refractivity contribution in [3.05, 3.63) is 0 Å². The zero-order valence-electron chi connectivity index (χ0n) is 6.67. The van der Waals surface area contributed by atoms with Gasteiger partial charge in [-0.25, -0.2) is 14.0 Å². The molecule has 0 saturated carbocycles. The molecule has 1 rings (SSSR count). The van der Waals surface area contributed by atoms with E-state index in [0.717, 1.165) is 7.11 Å². The molecule has 1 fully saturated rings. The van der Waals surface area contributed by atoms with Crippen LogP contribution in [0.2, 0.25) is 0 Å². The number of urea groups is 1. The maximum atomic E-state index is 12.9. The summed E-state index contributed by atoms with van der Waals surface area (Å²) in [7, 11) is 1.04. The van der Waals surface area contributed by atoms with Gasteiger partial charge in [-0.1, -0.05) is 0 Å². The molecule has 0 bridgehead atoms. The number of methoxy groups -OCH3 is 1. The van der Waals surface area contributed by atoms with Crippen molar-refractivity contribution in [1.29, 1.82) is 0 Å². The molecule has 0 radical (unpaired) electrons. The minimum atomic E-state index is -2.11. The number of nitrogens with one attached hydrogen (secondary N) is 2. The Morgan fingerprint density at radius 3 is 2.69 bits per heavy atom. The molecule has 0 aromatic carbocycles. The third-order valence-electron chi connectivity index (χ3n) is 1.52. The quantitative estimate of drug-likeness (QED) is 0.503. The van der Waals surface area contributed by atoms with Crippen LogP contribution in [-0.4, -0.2) is 37.2 Å². The molecule has 1 aliphatic heterocycles. The Bertz CT molecular complexity index is 267. The van der Waals surface area contributed by atoms with Crippen LogP contribution in [0.4, 0.5) is 9.18 Å². The highest BCUT2D eigenvalue weighted by Gasteiger charge is 2.40. The summed E-state index contributed by atoms with van der Waals surface area (Å²) in [6, 6.07) is -2.46. The first-order chi connectivity index (χ1) is 6.06. The number of hydrogen-bond donors (Lipinski definition) is 2. The number of imide groups is 1. The molecule has 0 spiro atoms. The molecule has 0 aromatic rings. The van der Waals surface area contributed by atoms with E-state index in [9.17, 15) is 18.8 Å². The monoisotopic (exact) mass is 190 g/mol. The van der Waals surface area contributed by atoms with E-state index in [-0.39, 0.29) is 0 Å². The van der Waals surface area contributed by atoms with Gasteiger partial charge >= 0.3 is 12.0 Å². The summed E-state index contributed by atoms with van der Waals surface area (Å²) in [4.78, 5) is 32.1. The Kier molecular flexibility index (Phi) is 2.45. The largest absolute Gasteiger partial charge is 0.467 e. The topological polar surface area (TPSA) is 84.5 Å². The number of halogens is 1. The van der Waals surface area contributed by atoms with Gasteiger partial charge in [-0.3, -0.25) is 10.1 Å². The standard InChI is InChI=1S/C6H7FN2O4/c1-13-5(11)3-2(7)4(10)9-6(12)8-3/h2-3H,1H3,(H2,8,9,10,12). The Morgan fingerprint density at radius 1 is 1.54 bits per heavy atom. The summed E-state index contributed by atoms with van der Waals surface area (Å²) in [5.41, 5.74) is 0. The van der Waals surface area contributed by atoms with Gasteiger partial charge in [0.25, 0.3) is 5.91 Å². The third-order valence-corrected chi connectivity index (χ3v) is 1.52. The van der Waals surface area contributed by atoms with E-state index in [1.807, 2.05) is 5.32 Å². The fraction of sp³-hybridized carbons (Fsp3) is 0.500. The van der Waals surface area contributed by atoms with Crippen molar-refractivity contribution in [2.24, 2.45) is 0 Å². The lowest BCUT2D eigenvalue weighted by atomic mass is 10.1. The van der Waals surface area contributed by atoms with Crippen molar-refractivity contribution in [2.45, 2.75) is 12.2 Å². The molecule has 0 aliphatic carbocycles. The highest BCUT2D eigenvalue weighted by atomic mass is 19.1. The van der Waals surface area contributed by atoms with Crippen LogP contribution in [0.3, 0.4) is 0 Å². The van der Waals surface area contributed by atoms with Crippen molar-refractivity contribution < 1.29 is 23.5 Å². The Hall–Kier alpha value is -1.66. The predicted octanol–water partition coefficient (Wildman–Crippen LogP) is -1.29. The molecule has 1 aliphatic rings. The van der Waals surface area contributed by atoms with Crippen molar-refractivity contribution in [2.75, 3.05) is 7.11 Å². The molecule has 0 aromatic heterocycles. The van der Waals surface area contributed by atoms with Gasteiger partial charge in [0.1, 0.15) is 0 Å². The van der Waals surface area contributed by atoms with Crippen LogP contribution in [0.25, 0.3) is 0 Å². The van der Waals surface area contributed by atoms with Gasteiger partial charge in [-0.2, -0.15) is 0 Å². The number of carbonyl (C=O) groups excluding carboxylic acids is 3. The number of carbonyl (C=O) groups is 3. The summed E-state index contributed by atoms with van der Waals surface area (Å²) in [5, 5.41) is 3.59. The first-order valence-electron chi connectivity index (χ1n) is 3.39. The van der Waals surface area contributed by atoms with Gasteiger partial charge in [-0.15, -0.1) is 0 Å². The number of ether oxygens (including phenoxy) is 1. The van der Waals surface area contributed by atoms with Crippen molar-refractivity contribution in [1.82, 2.24) is 10.6 Å². The summed E-state index contributed by atoms with van der Waals surface area (Å²) in [6.45, 7) is 0. The van der Waals surface area contributed by atoms with Crippen LogP contribution in [0, 0.1) is 0 Å². The van der Waals surface area contributed by atoms with Gasteiger partial charge in [0.05, 0.1) is 7.11 Å². The highest BCUT2D eigenvalue weighted by molar-refractivity contribution is 6.04. The lowest BCUT2D eigenvalue weighted by Crippen LogP contribution is -2.62. The first kappa shape index (κ1) is 9.43. The molecule has 72 valence electrons. The maximum absolute atomic E-state index is 12.9. The van der Waals surface area contributed by atoms with E-state index in [0.29, 0.717) is 0 Å². The van der Waals surface area contributed by atoms with E-state index >= 15 is 0 Å². The molecule has 7 heteroatoms.